The second-order valence-electron chi connectivity index (χ2n) is 4.44. The van der Waals surface area contributed by atoms with Crippen LogP contribution in [0.5, 0.6) is 11.5 Å². The Morgan fingerprint density at radius 2 is 2.11 bits per heavy atom. The Bertz CT molecular complexity index is 568. The minimum atomic E-state index is 0.306. The van der Waals surface area contributed by atoms with Crippen molar-refractivity contribution in [2.45, 2.75) is 19.3 Å². The Hall–Kier alpha value is -1.59. The molecule has 1 aromatic heterocycles. The number of fused-ring (bicyclic) bond motifs is 1. The molecule has 0 saturated heterocycles. The largest absolute Gasteiger partial charge is 0.454 e. The highest BCUT2D eigenvalue weighted by molar-refractivity contribution is 7.09. The smallest absolute Gasteiger partial charge is 0.231 e. The third-order valence-corrected chi connectivity index (χ3v) is 3.97. The highest BCUT2D eigenvalue weighted by Gasteiger charge is 2.14. The minimum absolute atomic E-state index is 0.306. The fraction of sp³-hybridized carbons (Fsp3) is 0.357. The molecule has 0 bridgehead atoms. The molecular weight excluding hydrogens is 260 g/mol. The highest BCUT2D eigenvalue weighted by atomic mass is 32.1. The number of thiazole rings is 1. The lowest BCUT2D eigenvalue weighted by Gasteiger charge is -1.99. The van der Waals surface area contributed by atoms with E-state index >= 15 is 0 Å². The van der Waals surface area contributed by atoms with Gasteiger partial charge in [0.2, 0.25) is 6.79 Å². The van der Waals surface area contributed by atoms with Gasteiger partial charge in [0.15, 0.2) is 11.5 Å². The molecule has 0 amide bonds. The molecule has 0 aliphatic carbocycles. The third kappa shape index (κ3) is 2.72. The molecule has 4 nitrogen and oxygen atoms in total. The van der Waals surface area contributed by atoms with Gasteiger partial charge in [0.25, 0.3) is 0 Å². The van der Waals surface area contributed by atoms with Crippen LogP contribution in [0, 0.1) is 0 Å². The summed E-state index contributed by atoms with van der Waals surface area (Å²) in [7, 11) is 0. The van der Waals surface area contributed by atoms with Crippen LogP contribution in [0.3, 0.4) is 0 Å². The van der Waals surface area contributed by atoms with Crippen molar-refractivity contribution in [3.8, 4) is 22.8 Å². The Kier molecular flexibility index (Phi) is 3.66. The number of hydrogen-bond acceptors (Lipinski definition) is 5. The van der Waals surface area contributed by atoms with Gasteiger partial charge in [-0.15, -0.1) is 11.3 Å². The monoisotopic (exact) mass is 276 g/mol. The number of aromatic nitrogens is 1. The van der Waals surface area contributed by atoms with Gasteiger partial charge < -0.3 is 15.2 Å². The van der Waals surface area contributed by atoms with Gasteiger partial charge in [-0.25, -0.2) is 4.98 Å². The molecule has 2 aromatic rings. The quantitative estimate of drug-likeness (QED) is 0.853. The summed E-state index contributed by atoms with van der Waals surface area (Å²) in [6.07, 6.45) is 3.16. The van der Waals surface area contributed by atoms with Gasteiger partial charge in [0.05, 0.1) is 10.7 Å². The van der Waals surface area contributed by atoms with Gasteiger partial charge in [0.1, 0.15) is 0 Å². The lowest BCUT2D eigenvalue weighted by atomic mass is 10.1. The number of unbranched alkanes of at least 4 members (excludes halogenated alkanes) is 1. The average Bonchev–Trinajstić information content (AvgIpc) is 3.06. The molecule has 3 rings (SSSR count). The average molecular weight is 276 g/mol. The molecule has 100 valence electrons. The Balaban J connectivity index is 1.75. The summed E-state index contributed by atoms with van der Waals surface area (Å²) < 4.78 is 10.7. The number of ether oxygens (including phenoxy) is 2. The van der Waals surface area contributed by atoms with Crippen LogP contribution in [-0.2, 0) is 6.42 Å². The number of hydrogen-bond donors (Lipinski definition) is 1. The molecule has 0 unspecified atom stereocenters. The molecule has 2 heterocycles. The maximum Gasteiger partial charge on any atom is 0.231 e. The second-order valence-corrected chi connectivity index (χ2v) is 5.38. The molecule has 1 aliphatic heterocycles. The summed E-state index contributed by atoms with van der Waals surface area (Å²) in [6.45, 7) is 1.06. The number of benzene rings is 1. The van der Waals surface area contributed by atoms with Gasteiger partial charge in [0, 0.05) is 10.9 Å². The molecule has 0 fully saturated rings. The summed E-state index contributed by atoms with van der Waals surface area (Å²) in [5.41, 5.74) is 7.58. The van der Waals surface area contributed by atoms with Gasteiger partial charge in [-0.1, -0.05) is 0 Å². The van der Waals surface area contributed by atoms with Gasteiger partial charge in [-0.2, -0.15) is 0 Å². The van der Waals surface area contributed by atoms with Crippen LogP contribution in [0.1, 0.15) is 17.8 Å². The van der Waals surface area contributed by atoms with Crippen molar-refractivity contribution >= 4 is 11.3 Å². The van der Waals surface area contributed by atoms with Crippen molar-refractivity contribution < 1.29 is 9.47 Å². The zero-order valence-electron chi connectivity index (χ0n) is 10.6. The van der Waals surface area contributed by atoms with Crippen LogP contribution >= 0.6 is 11.3 Å². The van der Waals surface area contributed by atoms with Crippen molar-refractivity contribution in [3.05, 3.63) is 28.6 Å². The van der Waals surface area contributed by atoms with Gasteiger partial charge >= 0.3 is 0 Å². The van der Waals surface area contributed by atoms with E-state index < -0.39 is 0 Å². The van der Waals surface area contributed by atoms with Crippen LogP contribution in [-0.4, -0.2) is 18.3 Å². The summed E-state index contributed by atoms with van der Waals surface area (Å²) in [6, 6.07) is 5.94. The first-order valence-corrected chi connectivity index (χ1v) is 7.29. The van der Waals surface area contributed by atoms with Crippen LogP contribution in [0.15, 0.2) is 23.6 Å². The molecule has 0 atom stereocenters. The Morgan fingerprint density at radius 1 is 1.21 bits per heavy atom. The summed E-state index contributed by atoms with van der Waals surface area (Å²) in [5.74, 6) is 1.61. The molecule has 0 spiro atoms. The highest BCUT2D eigenvalue weighted by Crippen LogP contribution is 2.36. The fourth-order valence-corrected chi connectivity index (χ4v) is 2.88. The first kappa shape index (κ1) is 12.4. The van der Waals surface area contributed by atoms with E-state index in [0.717, 1.165) is 48.6 Å². The standard InChI is InChI=1S/C14H16N2O2S/c15-6-2-1-3-14-16-11(8-19-14)10-4-5-12-13(7-10)18-9-17-12/h4-5,7-8H,1-3,6,9,15H2. The summed E-state index contributed by atoms with van der Waals surface area (Å²) in [5, 5.41) is 3.26. The SMILES string of the molecule is NCCCCc1nc(-c2ccc3c(c2)OCO3)cs1. The molecular formula is C14H16N2O2S. The Labute approximate surface area is 116 Å². The van der Waals surface area contributed by atoms with E-state index in [2.05, 4.69) is 10.4 Å². The number of rotatable bonds is 5. The molecule has 1 aromatic carbocycles. The van der Waals surface area contributed by atoms with E-state index in [-0.39, 0.29) is 0 Å². The van der Waals surface area contributed by atoms with Crippen molar-refractivity contribution in [1.82, 2.24) is 4.98 Å². The Morgan fingerprint density at radius 3 is 3.00 bits per heavy atom. The first-order chi connectivity index (χ1) is 9.36. The molecule has 1 aliphatic rings. The van der Waals surface area contributed by atoms with Crippen molar-refractivity contribution in [2.75, 3.05) is 13.3 Å². The molecule has 19 heavy (non-hydrogen) atoms. The van der Waals surface area contributed by atoms with E-state index in [1.54, 1.807) is 11.3 Å². The van der Waals surface area contributed by atoms with Crippen molar-refractivity contribution in [1.29, 1.82) is 0 Å². The topological polar surface area (TPSA) is 57.4 Å². The van der Waals surface area contributed by atoms with Gasteiger partial charge in [-0.3, -0.25) is 0 Å². The minimum Gasteiger partial charge on any atom is -0.454 e. The summed E-state index contributed by atoms with van der Waals surface area (Å²) >= 11 is 1.70. The van der Waals surface area contributed by atoms with E-state index in [9.17, 15) is 0 Å². The molecule has 0 saturated carbocycles. The van der Waals surface area contributed by atoms with Crippen molar-refractivity contribution in [2.24, 2.45) is 5.73 Å². The van der Waals surface area contributed by atoms with Crippen LogP contribution in [0.25, 0.3) is 11.3 Å². The summed E-state index contributed by atoms with van der Waals surface area (Å²) in [4.78, 5) is 4.66. The third-order valence-electron chi connectivity index (χ3n) is 3.06. The predicted molar refractivity (Wildman–Crippen MR) is 75.7 cm³/mol. The second kappa shape index (κ2) is 5.59. The number of aryl methyl sites for hydroxylation is 1. The fourth-order valence-electron chi connectivity index (χ4n) is 2.03. The lowest BCUT2D eigenvalue weighted by Crippen LogP contribution is -1.98. The van der Waals surface area contributed by atoms with Gasteiger partial charge in [-0.05, 0) is 44.0 Å². The van der Waals surface area contributed by atoms with Crippen LogP contribution in [0.2, 0.25) is 0 Å². The zero-order valence-corrected chi connectivity index (χ0v) is 11.4. The maximum absolute atomic E-state index is 5.50. The predicted octanol–water partition coefficient (Wildman–Crippen LogP) is 2.82. The number of nitrogens with zero attached hydrogens (tertiary/aromatic N) is 1. The van der Waals surface area contributed by atoms with Crippen LogP contribution in [0.4, 0.5) is 0 Å². The lowest BCUT2D eigenvalue weighted by molar-refractivity contribution is 0.174. The zero-order chi connectivity index (χ0) is 13.1. The molecule has 2 N–H and O–H groups in total. The normalized spacial score (nSPS) is 12.9. The molecule has 0 radical (unpaired) electrons. The first-order valence-electron chi connectivity index (χ1n) is 6.41. The van der Waals surface area contributed by atoms with Crippen LogP contribution < -0.4 is 15.2 Å². The van der Waals surface area contributed by atoms with E-state index in [1.165, 1.54) is 5.01 Å². The maximum atomic E-state index is 5.50. The van der Waals surface area contributed by atoms with E-state index in [1.807, 2.05) is 18.2 Å². The van der Waals surface area contributed by atoms with E-state index in [4.69, 9.17) is 15.2 Å². The van der Waals surface area contributed by atoms with E-state index in [0.29, 0.717) is 6.79 Å². The van der Waals surface area contributed by atoms with Crippen molar-refractivity contribution in [3.63, 3.8) is 0 Å². The number of nitrogens with two attached hydrogens (primary N) is 1. The molecule has 5 heteroatoms.